The number of alkyl halides is 3. The number of nitrogens with one attached hydrogen (secondary N) is 1. The van der Waals surface area contributed by atoms with E-state index < -0.39 is 11.7 Å². The third-order valence-electron chi connectivity index (χ3n) is 4.27. The zero-order chi connectivity index (χ0) is 16.9. The molecule has 1 aliphatic carbocycles. The molecule has 0 heterocycles. The van der Waals surface area contributed by atoms with Crippen molar-refractivity contribution in [2.24, 2.45) is 5.92 Å². The maximum atomic E-state index is 12.5. The molecule has 6 heteroatoms. The highest BCUT2D eigenvalue weighted by atomic mass is 19.4. The molecule has 23 heavy (non-hydrogen) atoms. The number of rotatable bonds is 5. The van der Waals surface area contributed by atoms with Crippen LogP contribution in [0.4, 0.5) is 13.2 Å². The Bertz CT molecular complexity index is 514. The minimum absolute atomic E-state index is 0.107. The highest BCUT2D eigenvalue weighted by Crippen LogP contribution is 2.29. The Kier molecular flexibility index (Phi) is 6.04. The van der Waals surface area contributed by atoms with Crippen molar-refractivity contribution in [1.82, 2.24) is 5.32 Å². The summed E-state index contributed by atoms with van der Waals surface area (Å²) < 4.78 is 37.4. The van der Waals surface area contributed by atoms with Gasteiger partial charge in [-0.05, 0) is 49.3 Å². The van der Waals surface area contributed by atoms with Crippen LogP contribution in [0.15, 0.2) is 24.3 Å². The summed E-state index contributed by atoms with van der Waals surface area (Å²) in [6, 6.07) is 4.90. The van der Waals surface area contributed by atoms with Crippen LogP contribution in [0, 0.1) is 5.92 Å². The molecule has 1 saturated carbocycles. The molecule has 0 spiro atoms. The number of aliphatic hydroxyl groups excluding tert-OH is 1. The summed E-state index contributed by atoms with van der Waals surface area (Å²) in [6.07, 6.45) is -0.392. The second-order valence-electron chi connectivity index (χ2n) is 6.19. The molecule has 3 nitrogen and oxygen atoms in total. The second-order valence-corrected chi connectivity index (χ2v) is 6.19. The third kappa shape index (κ3) is 5.86. The maximum Gasteiger partial charge on any atom is 0.416 e. The summed E-state index contributed by atoms with van der Waals surface area (Å²) in [5, 5.41) is 12.4. The lowest BCUT2D eigenvalue weighted by Gasteiger charge is -2.25. The summed E-state index contributed by atoms with van der Waals surface area (Å²) >= 11 is 0. The second kappa shape index (κ2) is 7.81. The van der Waals surface area contributed by atoms with E-state index in [0.717, 1.165) is 37.8 Å². The van der Waals surface area contributed by atoms with E-state index in [4.69, 9.17) is 0 Å². The first-order valence-electron chi connectivity index (χ1n) is 7.95. The van der Waals surface area contributed by atoms with E-state index in [1.807, 2.05) is 0 Å². The number of hydrogen-bond acceptors (Lipinski definition) is 2. The van der Waals surface area contributed by atoms with Crippen molar-refractivity contribution in [3.8, 4) is 0 Å². The Balaban J connectivity index is 1.71. The molecule has 2 unspecified atom stereocenters. The predicted octanol–water partition coefficient (Wildman–Crippen LogP) is 3.31. The van der Waals surface area contributed by atoms with E-state index >= 15 is 0 Å². The molecule has 1 aromatic rings. The molecule has 1 aliphatic rings. The Labute approximate surface area is 133 Å². The first-order valence-corrected chi connectivity index (χ1v) is 7.95. The summed E-state index contributed by atoms with van der Waals surface area (Å²) in [6.45, 7) is 0.558. The van der Waals surface area contributed by atoms with E-state index in [1.165, 1.54) is 12.1 Å². The largest absolute Gasteiger partial charge is 0.416 e. The van der Waals surface area contributed by atoms with Gasteiger partial charge < -0.3 is 10.4 Å². The van der Waals surface area contributed by atoms with Crippen LogP contribution in [0.1, 0.15) is 43.2 Å². The first-order chi connectivity index (χ1) is 10.8. The molecule has 0 saturated heterocycles. The molecule has 2 rings (SSSR count). The topological polar surface area (TPSA) is 49.3 Å². The number of benzene rings is 1. The normalized spacial score (nSPS) is 21.9. The van der Waals surface area contributed by atoms with E-state index in [1.54, 1.807) is 0 Å². The van der Waals surface area contributed by atoms with E-state index in [0.29, 0.717) is 24.4 Å². The standard InChI is InChI=1S/C17H22F3NO2/c18-17(19,20)14-7-4-12(5-8-14)6-9-16(23)21-11-13-2-1-3-15(22)10-13/h4-5,7-8,13,15,22H,1-3,6,9-11H2,(H,21,23). The number of aryl methyl sites for hydroxylation is 1. The van der Waals surface area contributed by atoms with Crippen LogP contribution in [0.2, 0.25) is 0 Å². The summed E-state index contributed by atoms with van der Waals surface area (Å²) in [5.74, 6) is 0.207. The van der Waals surface area contributed by atoms with Gasteiger partial charge in [-0.15, -0.1) is 0 Å². The molecule has 1 fully saturated rings. The molecule has 0 aromatic heterocycles. The van der Waals surface area contributed by atoms with Crippen molar-refractivity contribution in [1.29, 1.82) is 0 Å². The van der Waals surface area contributed by atoms with Gasteiger partial charge in [-0.2, -0.15) is 13.2 Å². The lowest BCUT2D eigenvalue weighted by molar-refractivity contribution is -0.137. The van der Waals surface area contributed by atoms with E-state index in [9.17, 15) is 23.1 Å². The Morgan fingerprint density at radius 3 is 2.52 bits per heavy atom. The predicted molar refractivity (Wildman–Crippen MR) is 80.7 cm³/mol. The summed E-state index contributed by atoms with van der Waals surface area (Å²) in [4.78, 5) is 11.8. The van der Waals surface area contributed by atoms with Crippen LogP contribution >= 0.6 is 0 Å². The quantitative estimate of drug-likeness (QED) is 0.871. The molecular weight excluding hydrogens is 307 g/mol. The van der Waals surface area contributed by atoms with Gasteiger partial charge in [-0.25, -0.2) is 0 Å². The maximum absolute atomic E-state index is 12.5. The van der Waals surface area contributed by atoms with Crippen molar-refractivity contribution < 1.29 is 23.1 Å². The summed E-state index contributed by atoms with van der Waals surface area (Å²) in [7, 11) is 0. The minimum Gasteiger partial charge on any atom is -0.393 e. The van der Waals surface area contributed by atoms with Crippen molar-refractivity contribution in [2.45, 2.75) is 50.8 Å². The fourth-order valence-electron chi connectivity index (χ4n) is 2.91. The number of hydrogen-bond donors (Lipinski definition) is 2. The Morgan fingerprint density at radius 2 is 1.91 bits per heavy atom. The van der Waals surface area contributed by atoms with Crippen LogP contribution in [-0.2, 0) is 17.4 Å². The molecule has 0 bridgehead atoms. The van der Waals surface area contributed by atoms with Gasteiger partial charge in [0.15, 0.2) is 0 Å². The number of carbonyl (C=O) groups is 1. The van der Waals surface area contributed by atoms with Gasteiger partial charge in [-0.1, -0.05) is 18.6 Å². The molecule has 128 valence electrons. The fraction of sp³-hybridized carbons (Fsp3) is 0.588. The molecule has 0 aliphatic heterocycles. The molecule has 0 radical (unpaired) electrons. The molecule has 2 N–H and O–H groups in total. The third-order valence-corrected chi connectivity index (χ3v) is 4.27. The van der Waals surface area contributed by atoms with Gasteiger partial charge in [0.1, 0.15) is 0 Å². The average Bonchev–Trinajstić information content (AvgIpc) is 2.50. The molecule has 1 amide bonds. The average molecular weight is 329 g/mol. The van der Waals surface area contributed by atoms with Crippen molar-refractivity contribution in [3.05, 3.63) is 35.4 Å². The smallest absolute Gasteiger partial charge is 0.393 e. The van der Waals surface area contributed by atoms with Crippen LogP contribution in [-0.4, -0.2) is 23.7 Å². The highest BCUT2D eigenvalue weighted by Gasteiger charge is 2.29. The first kappa shape index (κ1) is 17.8. The number of halogens is 3. The molecular formula is C17H22F3NO2. The SMILES string of the molecule is O=C(CCc1ccc(C(F)(F)F)cc1)NCC1CCCC(O)C1. The monoisotopic (exact) mass is 329 g/mol. The van der Waals surface area contributed by atoms with Crippen LogP contribution in [0.5, 0.6) is 0 Å². The minimum atomic E-state index is -4.33. The Hall–Kier alpha value is -1.56. The van der Waals surface area contributed by atoms with Crippen molar-refractivity contribution >= 4 is 5.91 Å². The van der Waals surface area contributed by atoms with Gasteiger partial charge in [-0.3, -0.25) is 4.79 Å². The van der Waals surface area contributed by atoms with Crippen LogP contribution in [0.3, 0.4) is 0 Å². The van der Waals surface area contributed by atoms with Crippen LogP contribution < -0.4 is 5.32 Å². The highest BCUT2D eigenvalue weighted by molar-refractivity contribution is 5.76. The van der Waals surface area contributed by atoms with Crippen molar-refractivity contribution in [2.75, 3.05) is 6.54 Å². The summed E-state index contributed by atoms with van der Waals surface area (Å²) in [5.41, 5.74) is 0.0304. The van der Waals surface area contributed by atoms with Crippen molar-refractivity contribution in [3.63, 3.8) is 0 Å². The van der Waals surface area contributed by atoms with E-state index in [2.05, 4.69) is 5.32 Å². The number of amides is 1. The molecule has 2 atom stereocenters. The van der Waals surface area contributed by atoms with Gasteiger partial charge >= 0.3 is 6.18 Å². The zero-order valence-electron chi connectivity index (χ0n) is 12.9. The van der Waals surface area contributed by atoms with Gasteiger partial charge in [0, 0.05) is 13.0 Å². The lowest BCUT2D eigenvalue weighted by atomic mass is 9.87. The lowest BCUT2D eigenvalue weighted by Crippen LogP contribution is -2.33. The fourth-order valence-corrected chi connectivity index (χ4v) is 2.91. The van der Waals surface area contributed by atoms with Gasteiger partial charge in [0.2, 0.25) is 5.91 Å². The van der Waals surface area contributed by atoms with Gasteiger partial charge in [0.05, 0.1) is 11.7 Å². The van der Waals surface area contributed by atoms with Crippen LogP contribution in [0.25, 0.3) is 0 Å². The number of carbonyl (C=O) groups excluding carboxylic acids is 1. The molecule has 1 aromatic carbocycles. The number of aliphatic hydroxyl groups is 1. The Morgan fingerprint density at radius 1 is 1.22 bits per heavy atom. The van der Waals surface area contributed by atoms with E-state index in [-0.39, 0.29) is 18.4 Å². The zero-order valence-corrected chi connectivity index (χ0v) is 12.9. The van der Waals surface area contributed by atoms with Gasteiger partial charge in [0.25, 0.3) is 0 Å².